The number of hydrogen-bond acceptors (Lipinski definition) is 27. The van der Waals surface area contributed by atoms with Gasteiger partial charge in [-0.1, -0.05) is 20.8 Å². The fraction of sp³-hybridized carbons (Fsp3) is 0.518. The second kappa shape index (κ2) is 53.3. The van der Waals surface area contributed by atoms with Gasteiger partial charge in [0, 0.05) is 91.1 Å². The largest absolute Gasteiger partial charge is 0.468 e. The lowest BCUT2D eigenvalue weighted by atomic mass is 10.2. The number of esters is 5. The van der Waals surface area contributed by atoms with E-state index in [1.54, 1.807) is 62.7 Å². The van der Waals surface area contributed by atoms with Crippen LogP contribution in [-0.2, 0) is 123 Å². The van der Waals surface area contributed by atoms with Crippen molar-refractivity contribution >= 4 is 75.8 Å². The first kappa shape index (κ1) is 86.3. The zero-order chi connectivity index (χ0) is 67.5. The number of methoxy groups -OCH3 is 4. The fourth-order valence-corrected chi connectivity index (χ4v) is 6.69. The minimum atomic E-state index is -0.635. The van der Waals surface area contributed by atoms with Crippen LogP contribution in [0.25, 0.3) is 0 Å². The summed E-state index contributed by atoms with van der Waals surface area (Å²) in [7, 11) is 9.61. The standard InChI is InChI=1S/C14H20BrNO5.C14H21NO5.C10H12O4.C9H15NO3.C6H10O3.3CO2/c1-5-10-12(15)13(17)9(14(18)21-6-2)7-16(10)8-11(19-3)20-4;1-5-10-7-12(16)11(14(17)20-6-2)8-15(10)9-13(18-3)19-4;1-3-7-5-9(11)8(6-14-7)10(12)13-4-2;1-5-13-9(12)8(7(2)11)6-10(3)4;1-3-9-6(8)4-5(2)7;3*2-1-3/h7,11H,5-6,8H2,1-4H3;7-8,13H,5-6,9H2,1-4H3;5-6H,3-4H2,1-2H3;6H,5H2,1-4H3;3-4H2,1-2H3;;;/b;;;8-6-;;;;. The summed E-state index contributed by atoms with van der Waals surface area (Å²) in [6, 6.07) is 2.76. The van der Waals surface area contributed by atoms with Crippen LogP contribution in [0, 0.1) is 0 Å². The van der Waals surface area contributed by atoms with Crippen molar-refractivity contribution < 1.29 is 109 Å². The number of carbonyl (C=O) groups is 7. The van der Waals surface area contributed by atoms with Crippen LogP contribution in [0.1, 0.15) is 124 Å². The second-order valence-corrected chi connectivity index (χ2v) is 16.6. The molecule has 0 aromatic carbocycles. The zero-order valence-electron chi connectivity index (χ0n) is 51.2. The molecule has 0 aliphatic heterocycles. The Morgan fingerprint density at radius 3 is 1.35 bits per heavy atom. The van der Waals surface area contributed by atoms with Gasteiger partial charge in [0.2, 0.25) is 5.43 Å². The van der Waals surface area contributed by atoms with Gasteiger partial charge in [0.1, 0.15) is 46.5 Å². The van der Waals surface area contributed by atoms with Crippen molar-refractivity contribution in [3.8, 4) is 0 Å². The summed E-state index contributed by atoms with van der Waals surface area (Å²) in [5, 5.41) is 0. The van der Waals surface area contributed by atoms with E-state index in [1.165, 1.54) is 73.0 Å². The van der Waals surface area contributed by atoms with Crippen molar-refractivity contribution in [1.29, 1.82) is 0 Å². The summed E-state index contributed by atoms with van der Waals surface area (Å²) in [6.07, 6.45) is 7.25. The maximum Gasteiger partial charge on any atom is 0.373 e. The lowest BCUT2D eigenvalue weighted by Crippen LogP contribution is -2.28. The highest BCUT2D eigenvalue weighted by Crippen LogP contribution is 2.17. The van der Waals surface area contributed by atoms with E-state index < -0.39 is 42.4 Å². The third kappa shape index (κ3) is 37.7. The Morgan fingerprint density at radius 2 is 0.988 bits per heavy atom. The molecule has 0 bridgehead atoms. The number of halogens is 1. The van der Waals surface area contributed by atoms with Gasteiger partial charge in [-0.25, -0.2) is 19.2 Å². The number of Topliss-reactive ketones (excluding diaryl/α,β-unsaturated/α-hetero) is 2. The van der Waals surface area contributed by atoms with Gasteiger partial charge in [-0.05, 0) is 77.2 Å². The molecule has 0 saturated heterocycles. The molecule has 0 aliphatic carbocycles. The molecule has 0 unspecified atom stereocenters. The van der Waals surface area contributed by atoms with E-state index in [2.05, 4.69) is 25.4 Å². The Hall–Kier alpha value is -8.46. The molecule has 0 N–H and O–H groups in total. The predicted octanol–water partition coefficient (Wildman–Crippen LogP) is 3.92. The molecule has 0 amide bonds. The first-order valence-electron chi connectivity index (χ1n) is 25.7. The van der Waals surface area contributed by atoms with Crippen LogP contribution < -0.4 is 16.3 Å². The normalized spacial score (nSPS) is 9.64. The van der Waals surface area contributed by atoms with Crippen molar-refractivity contribution in [1.82, 2.24) is 14.0 Å². The van der Waals surface area contributed by atoms with Gasteiger partial charge in [0.25, 0.3) is 0 Å². The van der Waals surface area contributed by atoms with E-state index >= 15 is 0 Å². The van der Waals surface area contributed by atoms with Crippen molar-refractivity contribution in [2.24, 2.45) is 0 Å². The molecule has 30 heteroatoms. The molecule has 0 atom stereocenters. The van der Waals surface area contributed by atoms with E-state index in [1.807, 2.05) is 20.8 Å². The maximum atomic E-state index is 12.2. The van der Waals surface area contributed by atoms with Gasteiger partial charge >= 0.3 is 48.3 Å². The Morgan fingerprint density at radius 1 is 0.581 bits per heavy atom. The molecular weight excluding hydrogens is 1210 g/mol. The number of nitrogens with zero attached hydrogens (tertiary/aromatic N) is 3. The summed E-state index contributed by atoms with van der Waals surface area (Å²) in [6.45, 7) is 19.0. The third-order valence-corrected chi connectivity index (χ3v) is 10.5. The van der Waals surface area contributed by atoms with Crippen LogP contribution in [0.15, 0.2) is 65.8 Å². The summed E-state index contributed by atoms with van der Waals surface area (Å²) in [5.74, 6) is -2.77. The first-order valence-corrected chi connectivity index (χ1v) is 26.5. The van der Waals surface area contributed by atoms with Crippen LogP contribution in [-0.4, -0.2) is 162 Å². The highest BCUT2D eigenvalue weighted by Gasteiger charge is 2.21. The summed E-state index contributed by atoms with van der Waals surface area (Å²) in [5.41, 5.74) is 0.564. The average Bonchev–Trinajstić information content (AvgIpc) is 2.08. The molecule has 0 spiro atoms. The molecule has 3 rings (SSSR count). The molecule has 29 nitrogen and oxygen atoms in total. The van der Waals surface area contributed by atoms with Crippen LogP contribution in [0.3, 0.4) is 0 Å². The molecule has 3 heterocycles. The monoisotopic (exact) mass is 1290 g/mol. The smallest absolute Gasteiger partial charge is 0.373 e. The summed E-state index contributed by atoms with van der Waals surface area (Å²) in [4.78, 5) is 163. The van der Waals surface area contributed by atoms with Crippen LogP contribution in [0.5, 0.6) is 0 Å². The van der Waals surface area contributed by atoms with Gasteiger partial charge < -0.3 is 61.1 Å². The Kier molecular flexibility index (Phi) is 53.5. The van der Waals surface area contributed by atoms with Gasteiger partial charge in [-0.2, -0.15) is 28.8 Å². The highest BCUT2D eigenvalue weighted by molar-refractivity contribution is 9.10. The summed E-state index contributed by atoms with van der Waals surface area (Å²) >= 11 is 3.27. The number of aromatic nitrogens is 2. The van der Waals surface area contributed by atoms with E-state index in [4.69, 9.17) is 66.3 Å². The molecular formula is C56H78BrN3O26. The van der Waals surface area contributed by atoms with Gasteiger partial charge in [-0.3, -0.25) is 28.8 Å². The number of carbonyl (C=O) groups excluding carboxylic acids is 13. The molecule has 0 aliphatic rings. The van der Waals surface area contributed by atoms with E-state index in [0.717, 1.165) is 17.7 Å². The number of aryl methyl sites for hydroxylation is 2. The third-order valence-electron chi connectivity index (χ3n) is 9.67. The molecule has 3 aromatic rings. The van der Waals surface area contributed by atoms with E-state index in [0.29, 0.717) is 49.2 Å². The Labute approximate surface area is 505 Å². The second-order valence-electron chi connectivity index (χ2n) is 15.8. The van der Waals surface area contributed by atoms with Gasteiger partial charge in [-0.15, -0.1) is 0 Å². The average molecular weight is 1290 g/mol. The van der Waals surface area contributed by atoms with Gasteiger partial charge in [0.15, 0.2) is 29.2 Å². The van der Waals surface area contributed by atoms with E-state index in [9.17, 15) is 47.9 Å². The first-order chi connectivity index (χ1) is 40.6. The van der Waals surface area contributed by atoms with Crippen molar-refractivity contribution in [2.45, 2.75) is 121 Å². The topological polar surface area (TPSA) is 382 Å². The Balaban J connectivity index is -0.000000314. The minimum absolute atomic E-state index is 0.00752. The fourth-order valence-electron chi connectivity index (χ4n) is 5.97. The molecule has 0 radical (unpaired) electrons. The quantitative estimate of drug-likeness (QED) is 0.0306. The number of pyridine rings is 2. The highest BCUT2D eigenvalue weighted by atomic mass is 79.9. The maximum absolute atomic E-state index is 12.2. The lowest BCUT2D eigenvalue weighted by molar-refractivity contribution is -0.193. The van der Waals surface area contributed by atoms with Gasteiger partial charge in [0.05, 0.1) is 50.6 Å². The van der Waals surface area contributed by atoms with Crippen LogP contribution in [0.2, 0.25) is 0 Å². The molecule has 480 valence electrons. The SMILES string of the molecule is CCOC(=O)/C(=C\N(C)C)C(C)=O.CCOC(=O)CC(C)=O.CCOC(=O)c1cn(CC(OC)OC)c(CC)c(Br)c1=O.CCOC(=O)c1cn(CC(OC)OC)c(CC)cc1=O.CCOC(=O)c1coc(CC)cc1=O.O=C=O.O=C=O.O=C=O. The molecule has 86 heavy (non-hydrogen) atoms. The molecule has 0 saturated carbocycles. The number of hydrogen-bond donors (Lipinski definition) is 0. The Bertz CT molecular complexity index is 2830. The minimum Gasteiger partial charge on any atom is -0.468 e. The lowest BCUT2D eigenvalue weighted by Gasteiger charge is -2.20. The van der Waals surface area contributed by atoms with Crippen molar-refractivity contribution in [3.05, 3.63) is 112 Å². The van der Waals surface area contributed by atoms with Crippen LogP contribution >= 0.6 is 15.9 Å². The number of ketones is 2. The summed E-state index contributed by atoms with van der Waals surface area (Å²) < 4.78 is 53.3. The van der Waals surface area contributed by atoms with Crippen molar-refractivity contribution in [2.75, 3.05) is 75.6 Å². The number of ether oxygens (including phenoxy) is 9. The zero-order valence-corrected chi connectivity index (χ0v) is 52.8. The number of rotatable bonds is 24. The molecule has 0 fully saturated rings. The van der Waals surface area contributed by atoms with Crippen molar-refractivity contribution in [3.63, 3.8) is 0 Å². The molecule has 3 aromatic heterocycles. The van der Waals surface area contributed by atoms with E-state index in [-0.39, 0.29) is 101 Å². The predicted molar refractivity (Wildman–Crippen MR) is 302 cm³/mol. The van der Waals surface area contributed by atoms with Crippen LogP contribution in [0.4, 0.5) is 0 Å².